The first-order valence-electron chi connectivity index (χ1n) is 7.85. The minimum atomic E-state index is 0.163. The Morgan fingerprint density at radius 1 is 1.22 bits per heavy atom. The molecule has 0 aliphatic heterocycles. The number of carbonyl (C=O) groups is 1. The highest BCUT2D eigenvalue weighted by Crippen LogP contribution is 2.30. The molecule has 0 spiro atoms. The maximum atomic E-state index is 12.5. The van der Waals surface area contributed by atoms with Crippen molar-refractivity contribution in [2.45, 2.75) is 31.8 Å². The van der Waals surface area contributed by atoms with Gasteiger partial charge in [0, 0.05) is 10.9 Å². The zero-order valence-electron chi connectivity index (χ0n) is 13.2. The molecule has 2 aromatic rings. The zero-order chi connectivity index (χ0) is 16.1. The Morgan fingerprint density at radius 3 is 2.65 bits per heavy atom. The van der Waals surface area contributed by atoms with Gasteiger partial charge in [-0.05, 0) is 36.4 Å². The third kappa shape index (κ3) is 4.26. The number of amides is 1. The molecule has 4 nitrogen and oxygen atoms in total. The molecule has 1 amide bonds. The van der Waals surface area contributed by atoms with Gasteiger partial charge in [0.25, 0.3) is 0 Å². The first-order valence-corrected chi connectivity index (χ1v) is 8.73. The lowest BCUT2D eigenvalue weighted by Crippen LogP contribution is -2.33. The SMILES string of the molecule is COc1ccccc1OCCC(=O)N(Cc1cccs1)C1CC1. The van der Waals surface area contributed by atoms with Crippen molar-refractivity contribution in [2.75, 3.05) is 13.7 Å². The first-order chi connectivity index (χ1) is 11.3. The van der Waals surface area contributed by atoms with Gasteiger partial charge in [-0.15, -0.1) is 11.3 Å². The lowest BCUT2D eigenvalue weighted by atomic mass is 10.3. The van der Waals surface area contributed by atoms with Crippen molar-refractivity contribution in [2.24, 2.45) is 0 Å². The molecule has 1 aromatic carbocycles. The van der Waals surface area contributed by atoms with Gasteiger partial charge in [0.05, 0.1) is 26.7 Å². The van der Waals surface area contributed by atoms with Crippen LogP contribution in [0.3, 0.4) is 0 Å². The van der Waals surface area contributed by atoms with Crippen LogP contribution in [0.5, 0.6) is 11.5 Å². The summed E-state index contributed by atoms with van der Waals surface area (Å²) in [7, 11) is 1.61. The van der Waals surface area contributed by atoms with Crippen LogP contribution in [0.15, 0.2) is 41.8 Å². The van der Waals surface area contributed by atoms with Crippen LogP contribution >= 0.6 is 11.3 Å². The Balaban J connectivity index is 1.53. The molecular weight excluding hydrogens is 310 g/mol. The van der Waals surface area contributed by atoms with E-state index in [9.17, 15) is 4.79 Å². The summed E-state index contributed by atoms with van der Waals surface area (Å²) >= 11 is 1.70. The monoisotopic (exact) mass is 331 g/mol. The number of thiophene rings is 1. The van der Waals surface area contributed by atoms with E-state index in [-0.39, 0.29) is 5.91 Å². The number of ether oxygens (including phenoxy) is 2. The van der Waals surface area contributed by atoms with Crippen molar-refractivity contribution < 1.29 is 14.3 Å². The van der Waals surface area contributed by atoms with Gasteiger partial charge in [-0.3, -0.25) is 4.79 Å². The lowest BCUT2D eigenvalue weighted by molar-refractivity contribution is -0.132. The highest BCUT2D eigenvalue weighted by atomic mass is 32.1. The summed E-state index contributed by atoms with van der Waals surface area (Å²) in [5.74, 6) is 1.53. The number of benzene rings is 1. The molecule has 0 N–H and O–H groups in total. The van der Waals surface area contributed by atoms with Crippen LogP contribution in [-0.4, -0.2) is 30.6 Å². The van der Waals surface area contributed by atoms with Crippen LogP contribution in [-0.2, 0) is 11.3 Å². The van der Waals surface area contributed by atoms with E-state index in [2.05, 4.69) is 11.4 Å². The topological polar surface area (TPSA) is 38.8 Å². The molecule has 1 aliphatic rings. The molecule has 122 valence electrons. The molecule has 5 heteroatoms. The number of carbonyl (C=O) groups excluding carboxylic acids is 1. The zero-order valence-corrected chi connectivity index (χ0v) is 14.1. The van der Waals surface area contributed by atoms with E-state index in [1.807, 2.05) is 35.2 Å². The molecule has 0 atom stereocenters. The van der Waals surface area contributed by atoms with Crippen molar-refractivity contribution >= 4 is 17.2 Å². The molecule has 0 bridgehead atoms. The number of rotatable bonds is 8. The second-order valence-electron chi connectivity index (χ2n) is 5.58. The van der Waals surface area contributed by atoms with E-state index >= 15 is 0 Å². The lowest BCUT2D eigenvalue weighted by Gasteiger charge is -2.22. The molecule has 1 fully saturated rings. The minimum Gasteiger partial charge on any atom is -0.493 e. The van der Waals surface area contributed by atoms with Crippen molar-refractivity contribution in [3.8, 4) is 11.5 Å². The predicted molar refractivity (Wildman–Crippen MR) is 91.0 cm³/mol. The van der Waals surface area contributed by atoms with Crippen LogP contribution in [0.25, 0.3) is 0 Å². The molecule has 1 aromatic heterocycles. The summed E-state index contributed by atoms with van der Waals surface area (Å²) in [6.45, 7) is 1.09. The highest BCUT2D eigenvalue weighted by Gasteiger charge is 2.32. The molecule has 23 heavy (non-hydrogen) atoms. The normalized spacial score (nSPS) is 13.6. The van der Waals surface area contributed by atoms with Gasteiger partial charge in [0.2, 0.25) is 5.91 Å². The summed E-state index contributed by atoms with van der Waals surface area (Å²) in [5, 5.41) is 2.05. The predicted octanol–water partition coefficient (Wildman–Crippen LogP) is 3.72. The van der Waals surface area contributed by atoms with Crippen molar-refractivity contribution in [1.82, 2.24) is 4.90 Å². The molecule has 0 radical (unpaired) electrons. The van der Waals surface area contributed by atoms with Crippen LogP contribution < -0.4 is 9.47 Å². The van der Waals surface area contributed by atoms with Crippen molar-refractivity contribution in [3.63, 3.8) is 0 Å². The second kappa shape index (κ2) is 7.51. The fraction of sp³-hybridized carbons (Fsp3) is 0.389. The molecular formula is C18H21NO3S. The fourth-order valence-electron chi connectivity index (χ4n) is 2.51. The standard InChI is InChI=1S/C18H21NO3S/c1-21-16-6-2-3-7-17(16)22-11-10-18(20)19(14-8-9-14)13-15-5-4-12-23-15/h2-7,12,14H,8-11,13H2,1H3. The fourth-order valence-corrected chi connectivity index (χ4v) is 3.21. The van der Waals surface area contributed by atoms with E-state index in [0.29, 0.717) is 30.6 Å². The molecule has 0 unspecified atom stereocenters. The van der Waals surface area contributed by atoms with E-state index < -0.39 is 0 Å². The van der Waals surface area contributed by atoms with Crippen LogP contribution in [0.1, 0.15) is 24.1 Å². The van der Waals surface area contributed by atoms with Crippen molar-refractivity contribution in [3.05, 3.63) is 46.7 Å². The largest absolute Gasteiger partial charge is 0.493 e. The molecule has 1 heterocycles. The number of hydrogen-bond donors (Lipinski definition) is 0. The Labute approximate surface area is 140 Å². The van der Waals surface area contributed by atoms with Gasteiger partial charge in [-0.1, -0.05) is 18.2 Å². The summed E-state index contributed by atoms with van der Waals surface area (Å²) in [5.41, 5.74) is 0. The van der Waals surface area contributed by atoms with E-state index in [4.69, 9.17) is 9.47 Å². The third-order valence-electron chi connectivity index (χ3n) is 3.86. The van der Waals surface area contributed by atoms with Gasteiger partial charge in [-0.25, -0.2) is 0 Å². The smallest absolute Gasteiger partial charge is 0.226 e. The van der Waals surface area contributed by atoms with Crippen molar-refractivity contribution in [1.29, 1.82) is 0 Å². The second-order valence-corrected chi connectivity index (χ2v) is 6.61. The van der Waals surface area contributed by atoms with Crippen LogP contribution in [0.2, 0.25) is 0 Å². The minimum absolute atomic E-state index is 0.163. The average molecular weight is 331 g/mol. The van der Waals surface area contributed by atoms with Crippen LogP contribution in [0.4, 0.5) is 0 Å². The molecule has 0 saturated heterocycles. The Hall–Kier alpha value is -2.01. The van der Waals surface area contributed by atoms with Gasteiger partial charge >= 0.3 is 0 Å². The van der Waals surface area contributed by atoms with Gasteiger partial charge in [-0.2, -0.15) is 0 Å². The summed E-state index contributed by atoms with van der Waals surface area (Å²) < 4.78 is 11.0. The quantitative estimate of drug-likeness (QED) is 0.740. The first kappa shape index (κ1) is 15.9. The van der Waals surface area contributed by atoms with Crippen LogP contribution in [0, 0.1) is 0 Å². The number of nitrogens with zero attached hydrogens (tertiary/aromatic N) is 1. The average Bonchev–Trinajstić information content (AvgIpc) is 3.28. The summed E-state index contributed by atoms with van der Waals surface area (Å²) in [4.78, 5) is 15.7. The van der Waals surface area contributed by atoms with E-state index in [0.717, 1.165) is 19.4 Å². The third-order valence-corrected chi connectivity index (χ3v) is 4.72. The van der Waals surface area contributed by atoms with Gasteiger partial charge in [0.15, 0.2) is 11.5 Å². The molecule has 1 saturated carbocycles. The Bertz CT molecular complexity index is 637. The number of para-hydroxylation sites is 2. The maximum absolute atomic E-state index is 12.5. The van der Waals surface area contributed by atoms with Gasteiger partial charge < -0.3 is 14.4 Å². The molecule has 1 aliphatic carbocycles. The molecule has 3 rings (SSSR count). The van der Waals surface area contributed by atoms with E-state index in [1.54, 1.807) is 18.4 Å². The summed E-state index contributed by atoms with van der Waals surface area (Å²) in [6.07, 6.45) is 2.62. The number of methoxy groups -OCH3 is 1. The van der Waals surface area contributed by atoms with E-state index in [1.165, 1.54) is 4.88 Å². The Kier molecular flexibility index (Phi) is 5.18. The maximum Gasteiger partial charge on any atom is 0.226 e. The summed E-state index contributed by atoms with van der Waals surface area (Å²) in [6, 6.07) is 12.0. The Morgan fingerprint density at radius 2 is 2.00 bits per heavy atom. The highest BCUT2D eigenvalue weighted by molar-refractivity contribution is 7.09. The van der Waals surface area contributed by atoms with Gasteiger partial charge in [0.1, 0.15) is 0 Å². The number of hydrogen-bond acceptors (Lipinski definition) is 4.